The minimum Gasteiger partial charge on any atom is -0.462 e. The van der Waals surface area contributed by atoms with Crippen molar-refractivity contribution in [2.75, 3.05) is 11.9 Å². The summed E-state index contributed by atoms with van der Waals surface area (Å²) in [5, 5.41) is 4.66. The lowest BCUT2D eigenvalue weighted by atomic mass is 9.95. The number of carbonyl (C=O) groups is 2. The van der Waals surface area contributed by atoms with Crippen molar-refractivity contribution in [1.82, 2.24) is 0 Å². The number of thiophene rings is 1. The van der Waals surface area contributed by atoms with E-state index < -0.39 is 0 Å². The average molecular weight is 341 g/mol. The van der Waals surface area contributed by atoms with Crippen LogP contribution in [0.3, 0.4) is 0 Å². The molecule has 1 unspecified atom stereocenters. The van der Waals surface area contributed by atoms with E-state index in [0.717, 1.165) is 19.3 Å². The van der Waals surface area contributed by atoms with Gasteiger partial charge in [0.2, 0.25) is 0 Å². The number of hydrogen-bond acceptors (Lipinski definition) is 4. The van der Waals surface area contributed by atoms with Crippen LogP contribution < -0.4 is 5.32 Å². The molecule has 1 atom stereocenters. The summed E-state index contributed by atoms with van der Waals surface area (Å²) in [6.45, 7) is 0.458. The molecule has 0 aliphatic heterocycles. The normalized spacial score (nSPS) is 16.6. The van der Waals surface area contributed by atoms with Crippen LogP contribution in [0.5, 0.6) is 0 Å². The van der Waals surface area contributed by atoms with Crippen LogP contribution in [0.2, 0.25) is 0 Å². The van der Waals surface area contributed by atoms with Crippen molar-refractivity contribution in [2.45, 2.75) is 19.3 Å². The fourth-order valence-corrected chi connectivity index (χ4v) is 3.19. The standard InChI is InChI=1S/C19H19NO3S/c21-18(17-7-4-12-24-17)20-16-10-8-15(9-11-16)19(22)23-13-14-5-2-1-3-6-14/h1-2,4,7-12,14H,3,5-6,13H2,(H,20,21). The van der Waals surface area contributed by atoms with Gasteiger partial charge in [-0.05, 0) is 60.9 Å². The maximum absolute atomic E-state index is 12.1. The lowest BCUT2D eigenvalue weighted by molar-refractivity contribution is 0.0432. The summed E-state index contributed by atoms with van der Waals surface area (Å²) in [6.07, 6.45) is 7.41. The molecule has 5 heteroatoms. The molecule has 4 nitrogen and oxygen atoms in total. The van der Waals surface area contributed by atoms with Crippen LogP contribution in [0.4, 0.5) is 5.69 Å². The summed E-state index contributed by atoms with van der Waals surface area (Å²) >= 11 is 1.39. The third-order valence-corrected chi connectivity index (χ3v) is 4.82. The van der Waals surface area contributed by atoms with Gasteiger partial charge in [-0.2, -0.15) is 0 Å². The molecule has 0 spiro atoms. The van der Waals surface area contributed by atoms with Gasteiger partial charge in [-0.3, -0.25) is 4.79 Å². The lowest BCUT2D eigenvalue weighted by Gasteiger charge is -2.17. The van der Waals surface area contributed by atoms with Gasteiger partial charge in [0.15, 0.2) is 0 Å². The Morgan fingerprint density at radius 1 is 1.17 bits per heavy atom. The Kier molecular flexibility index (Phi) is 5.43. The van der Waals surface area contributed by atoms with Gasteiger partial charge >= 0.3 is 5.97 Å². The van der Waals surface area contributed by atoms with Crippen LogP contribution in [0, 0.1) is 5.92 Å². The summed E-state index contributed by atoms with van der Waals surface area (Å²) in [5.74, 6) is -0.0466. The monoisotopic (exact) mass is 341 g/mol. The fraction of sp³-hybridized carbons (Fsp3) is 0.263. The minimum atomic E-state index is -0.319. The van der Waals surface area contributed by atoms with Gasteiger partial charge < -0.3 is 10.1 Å². The average Bonchev–Trinajstić information content (AvgIpc) is 3.16. The highest BCUT2D eigenvalue weighted by molar-refractivity contribution is 7.12. The number of allylic oxidation sites excluding steroid dienone is 2. The highest BCUT2D eigenvalue weighted by atomic mass is 32.1. The number of benzene rings is 1. The molecule has 1 aliphatic carbocycles. The van der Waals surface area contributed by atoms with E-state index in [1.165, 1.54) is 11.3 Å². The molecule has 2 aromatic rings. The number of esters is 1. The van der Waals surface area contributed by atoms with Crippen LogP contribution in [0.15, 0.2) is 53.9 Å². The summed E-state index contributed by atoms with van der Waals surface area (Å²) in [6, 6.07) is 10.4. The zero-order chi connectivity index (χ0) is 16.8. The van der Waals surface area contributed by atoms with Gasteiger partial charge in [-0.15, -0.1) is 11.3 Å². The van der Waals surface area contributed by atoms with E-state index in [-0.39, 0.29) is 11.9 Å². The van der Waals surface area contributed by atoms with E-state index in [2.05, 4.69) is 17.5 Å². The third-order valence-electron chi connectivity index (χ3n) is 3.95. The predicted octanol–water partition coefficient (Wildman–Crippen LogP) is 4.51. The van der Waals surface area contributed by atoms with Crippen molar-refractivity contribution >= 4 is 28.9 Å². The second-order valence-electron chi connectivity index (χ2n) is 5.76. The van der Waals surface area contributed by atoms with Gasteiger partial charge in [0, 0.05) is 5.69 Å². The molecular weight excluding hydrogens is 322 g/mol. The van der Waals surface area contributed by atoms with Gasteiger partial charge in [0.1, 0.15) is 0 Å². The number of anilines is 1. The minimum absolute atomic E-state index is 0.148. The van der Waals surface area contributed by atoms with Crippen molar-refractivity contribution < 1.29 is 14.3 Å². The number of amides is 1. The first-order valence-electron chi connectivity index (χ1n) is 7.99. The first-order valence-corrected chi connectivity index (χ1v) is 8.87. The number of nitrogens with one attached hydrogen (secondary N) is 1. The molecule has 0 saturated heterocycles. The number of carbonyl (C=O) groups excluding carboxylic acids is 2. The topological polar surface area (TPSA) is 55.4 Å². The Morgan fingerprint density at radius 2 is 2.00 bits per heavy atom. The smallest absolute Gasteiger partial charge is 0.338 e. The molecule has 1 N–H and O–H groups in total. The van der Waals surface area contributed by atoms with Gasteiger partial charge in [-0.25, -0.2) is 4.79 Å². The number of ether oxygens (including phenoxy) is 1. The zero-order valence-electron chi connectivity index (χ0n) is 13.2. The zero-order valence-corrected chi connectivity index (χ0v) is 14.1. The second-order valence-corrected chi connectivity index (χ2v) is 6.71. The van der Waals surface area contributed by atoms with Gasteiger partial charge in [-0.1, -0.05) is 18.2 Å². The Balaban J connectivity index is 1.52. The molecule has 1 aromatic carbocycles. The first-order chi connectivity index (χ1) is 11.7. The lowest BCUT2D eigenvalue weighted by Crippen LogP contribution is -2.15. The van der Waals surface area contributed by atoms with Crippen molar-refractivity contribution in [3.63, 3.8) is 0 Å². The molecule has 24 heavy (non-hydrogen) atoms. The Hall–Kier alpha value is -2.40. The van der Waals surface area contributed by atoms with Crippen LogP contribution in [0.25, 0.3) is 0 Å². The summed E-state index contributed by atoms with van der Waals surface area (Å²) in [4.78, 5) is 24.7. The van der Waals surface area contributed by atoms with Crippen LogP contribution in [-0.2, 0) is 4.74 Å². The number of rotatable bonds is 5. The van der Waals surface area contributed by atoms with E-state index in [0.29, 0.717) is 28.7 Å². The molecule has 0 saturated carbocycles. The third kappa shape index (κ3) is 4.32. The number of hydrogen-bond donors (Lipinski definition) is 1. The molecule has 0 radical (unpaired) electrons. The Morgan fingerprint density at radius 3 is 2.67 bits per heavy atom. The summed E-state index contributed by atoms with van der Waals surface area (Å²) < 4.78 is 5.39. The Bertz CT molecular complexity index is 720. The Labute approximate surface area is 145 Å². The predicted molar refractivity (Wildman–Crippen MR) is 95.5 cm³/mol. The van der Waals surface area contributed by atoms with E-state index >= 15 is 0 Å². The molecule has 1 amide bonds. The molecular formula is C19H19NO3S. The maximum atomic E-state index is 12.1. The van der Waals surface area contributed by atoms with Crippen molar-refractivity contribution in [3.05, 3.63) is 64.4 Å². The van der Waals surface area contributed by atoms with E-state index in [1.54, 1.807) is 30.3 Å². The van der Waals surface area contributed by atoms with Gasteiger partial charge in [0.05, 0.1) is 17.0 Å². The molecule has 3 rings (SSSR count). The summed E-state index contributed by atoms with van der Waals surface area (Å²) in [5.41, 5.74) is 1.15. The van der Waals surface area contributed by atoms with Crippen molar-refractivity contribution in [3.8, 4) is 0 Å². The van der Waals surface area contributed by atoms with Crippen LogP contribution >= 0.6 is 11.3 Å². The van der Waals surface area contributed by atoms with Crippen LogP contribution in [0.1, 0.15) is 39.3 Å². The first kappa shape index (κ1) is 16.5. The summed E-state index contributed by atoms with van der Waals surface area (Å²) in [7, 11) is 0. The second kappa shape index (κ2) is 7.93. The molecule has 1 aliphatic rings. The van der Waals surface area contributed by atoms with E-state index in [9.17, 15) is 9.59 Å². The largest absolute Gasteiger partial charge is 0.462 e. The quantitative estimate of drug-likeness (QED) is 0.643. The molecule has 0 fully saturated rings. The molecule has 1 heterocycles. The highest BCUT2D eigenvalue weighted by Crippen LogP contribution is 2.19. The van der Waals surface area contributed by atoms with E-state index in [1.807, 2.05) is 11.4 Å². The highest BCUT2D eigenvalue weighted by Gasteiger charge is 2.14. The van der Waals surface area contributed by atoms with Gasteiger partial charge in [0.25, 0.3) is 5.91 Å². The maximum Gasteiger partial charge on any atom is 0.338 e. The van der Waals surface area contributed by atoms with Crippen molar-refractivity contribution in [2.24, 2.45) is 5.92 Å². The molecule has 1 aromatic heterocycles. The fourth-order valence-electron chi connectivity index (χ4n) is 2.57. The SMILES string of the molecule is O=C(OCC1CC=CCC1)c1ccc(NC(=O)c2cccs2)cc1. The van der Waals surface area contributed by atoms with E-state index in [4.69, 9.17) is 4.74 Å². The van der Waals surface area contributed by atoms with Crippen molar-refractivity contribution in [1.29, 1.82) is 0 Å². The molecule has 124 valence electrons. The van der Waals surface area contributed by atoms with Crippen LogP contribution in [-0.4, -0.2) is 18.5 Å². The molecule has 0 bridgehead atoms.